The molecule has 13 heavy (non-hydrogen) atoms. The fourth-order valence-corrected chi connectivity index (χ4v) is 1.24. The predicted molar refractivity (Wildman–Crippen MR) is 56.4 cm³/mol. The van der Waals surface area contributed by atoms with Crippen molar-refractivity contribution in [3.8, 4) is 0 Å². The molecule has 70 valence electrons. The molecule has 0 radical (unpaired) electrons. The zero-order valence-corrected chi connectivity index (χ0v) is 8.25. The van der Waals surface area contributed by atoms with Crippen LogP contribution in [0.25, 0.3) is 0 Å². The lowest BCUT2D eigenvalue weighted by atomic mass is 9.96. The second kappa shape index (κ2) is 4.24. The lowest BCUT2D eigenvalue weighted by Crippen LogP contribution is -2.11. The summed E-state index contributed by atoms with van der Waals surface area (Å²) < 4.78 is 0. The summed E-state index contributed by atoms with van der Waals surface area (Å²) in [5.74, 6) is 0. The van der Waals surface area contributed by atoms with E-state index in [1.54, 1.807) is 0 Å². The number of aliphatic hydroxyl groups excluding tert-OH is 1. The first kappa shape index (κ1) is 10.0. The fraction of sp³-hybridized carbons (Fsp3) is 0.333. The van der Waals surface area contributed by atoms with E-state index in [1.165, 1.54) is 0 Å². The maximum Gasteiger partial charge on any atom is 0.0790 e. The van der Waals surface area contributed by atoms with Crippen LogP contribution in [-0.4, -0.2) is 11.2 Å². The van der Waals surface area contributed by atoms with Crippen molar-refractivity contribution in [3.63, 3.8) is 0 Å². The molecule has 0 amide bonds. The molecule has 0 fully saturated rings. The van der Waals surface area contributed by atoms with Gasteiger partial charge in [-0.25, -0.2) is 0 Å². The van der Waals surface area contributed by atoms with Gasteiger partial charge in [0.15, 0.2) is 0 Å². The summed E-state index contributed by atoms with van der Waals surface area (Å²) in [5.41, 5.74) is 3.16. The number of hydrogen-bond donors (Lipinski definition) is 1. The van der Waals surface area contributed by atoms with E-state index in [4.69, 9.17) is 0 Å². The summed E-state index contributed by atoms with van der Waals surface area (Å²) in [6.45, 7) is 7.71. The molecule has 1 atom stereocenters. The maximum atomic E-state index is 9.55. The van der Waals surface area contributed by atoms with Gasteiger partial charge in [0.1, 0.15) is 0 Å². The summed E-state index contributed by atoms with van der Waals surface area (Å²) in [6.07, 6.45) is 8.42. The topological polar surface area (TPSA) is 20.2 Å². The van der Waals surface area contributed by atoms with Crippen molar-refractivity contribution in [2.75, 3.05) is 0 Å². The molecule has 0 aliphatic heterocycles. The van der Waals surface area contributed by atoms with E-state index in [1.807, 2.05) is 38.2 Å². The van der Waals surface area contributed by atoms with Crippen LogP contribution < -0.4 is 0 Å². The second-order valence-corrected chi connectivity index (χ2v) is 3.47. The number of aliphatic hydroxyl groups is 1. The zero-order chi connectivity index (χ0) is 9.84. The lowest BCUT2D eigenvalue weighted by molar-refractivity contribution is 0.212. The molecule has 1 N–H and O–H groups in total. The monoisotopic (exact) mass is 176 g/mol. The zero-order valence-electron chi connectivity index (χ0n) is 8.25. The minimum Gasteiger partial charge on any atom is -0.388 e. The van der Waals surface area contributed by atoms with E-state index in [-0.39, 0.29) is 6.10 Å². The standard InChI is InChI=1S/C12H16O/c1-9(2)7-8-11-5-4-6-12(13)10(11)3/h4-5,7-8,12-13H,1,6H2,2-3H3/b8-7-/t12-/m0/s1. The number of hydrogen-bond acceptors (Lipinski definition) is 1. The first-order valence-electron chi connectivity index (χ1n) is 4.50. The quantitative estimate of drug-likeness (QED) is 0.641. The smallest absolute Gasteiger partial charge is 0.0790 e. The summed E-state index contributed by atoms with van der Waals surface area (Å²) in [5, 5.41) is 9.55. The minimum atomic E-state index is -0.310. The molecule has 0 unspecified atom stereocenters. The third-order valence-electron chi connectivity index (χ3n) is 2.16. The summed E-state index contributed by atoms with van der Waals surface area (Å²) in [6, 6.07) is 0. The normalized spacial score (nSPS) is 22.8. The first-order chi connectivity index (χ1) is 6.11. The van der Waals surface area contributed by atoms with Crippen LogP contribution in [0.5, 0.6) is 0 Å². The van der Waals surface area contributed by atoms with Gasteiger partial charge in [-0.05, 0) is 31.4 Å². The molecule has 0 aromatic rings. The molecule has 0 saturated carbocycles. The molecule has 1 aliphatic rings. The Morgan fingerprint density at radius 3 is 3.00 bits per heavy atom. The Kier molecular flexibility index (Phi) is 3.26. The van der Waals surface area contributed by atoms with Crippen molar-refractivity contribution < 1.29 is 5.11 Å². The predicted octanol–water partition coefficient (Wildman–Crippen LogP) is 2.76. The fourth-order valence-electron chi connectivity index (χ4n) is 1.24. The Bertz CT molecular complexity index is 292. The van der Waals surface area contributed by atoms with Crippen LogP contribution in [0.15, 0.2) is 47.6 Å². The molecule has 1 aliphatic carbocycles. The van der Waals surface area contributed by atoms with Crippen LogP contribution in [0.4, 0.5) is 0 Å². The maximum absolute atomic E-state index is 9.55. The van der Waals surface area contributed by atoms with E-state index < -0.39 is 0 Å². The van der Waals surface area contributed by atoms with Crippen LogP contribution in [-0.2, 0) is 0 Å². The van der Waals surface area contributed by atoms with Crippen LogP contribution in [0.3, 0.4) is 0 Å². The Balaban J connectivity index is 2.84. The average Bonchev–Trinajstić information content (AvgIpc) is 2.07. The van der Waals surface area contributed by atoms with Gasteiger partial charge in [0, 0.05) is 0 Å². The molecule has 0 bridgehead atoms. The third-order valence-corrected chi connectivity index (χ3v) is 2.16. The van der Waals surface area contributed by atoms with Gasteiger partial charge in [0.05, 0.1) is 6.10 Å². The average molecular weight is 176 g/mol. The van der Waals surface area contributed by atoms with E-state index >= 15 is 0 Å². The van der Waals surface area contributed by atoms with Gasteiger partial charge in [-0.3, -0.25) is 0 Å². The molecular formula is C12H16O. The van der Waals surface area contributed by atoms with Gasteiger partial charge in [0.2, 0.25) is 0 Å². The SMILES string of the molecule is C=C(C)/C=C\C1=C(C)[C@@H](O)CC=C1. The van der Waals surface area contributed by atoms with Crippen molar-refractivity contribution in [2.45, 2.75) is 26.4 Å². The Labute approximate surface area is 79.8 Å². The molecule has 0 aromatic heterocycles. The van der Waals surface area contributed by atoms with E-state index in [2.05, 4.69) is 6.58 Å². The van der Waals surface area contributed by atoms with Gasteiger partial charge in [-0.15, -0.1) is 0 Å². The highest BCUT2D eigenvalue weighted by Gasteiger charge is 2.10. The summed E-state index contributed by atoms with van der Waals surface area (Å²) in [7, 11) is 0. The van der Waals surface area contributed by atoms with Crippen LogP contribution in [0.1, 0.15) is 20.3 Å². The molecule has 1 nitrogen and oxygen atoms in total. The number of rotatable bonds is 2. The molecule has 1 rings (SSSR count). The Morgan fingerprint density at radius 1 is 1.69 bits per heavy atom. The largest absolute Gasteiger partial charge is 0.388 e. The second-order valence-electron chi connectivity index (χ2n) is 3.47. The molecule has 0 spiro atoms. The highest BCUT2D eigenvalue weighted by atomic mass is 16.3. The van der Waals surface area contributed by atoms with Gasteiger partial charge >= 0.3 is 0 Å². The van der Waals surface area contributed by atoms with Crippen molar-refractivity contribution >= 4 is 0 Å². The van der Waals surface area contributed by atoms with Crippen LogP contribution in [0.2, 0.25) is 0 Å². The Hall–Kier alpha value is -1.08. The highest BCUT2D eigenvalue weighted by molar-refractivity contribution is 5.41. The molecule has 1 heteroatoms. The van der Waals surface area contributed by atoms with Crippen molar-refractivity contribution in [1.29, 1.82) is 0 Å². The molecule has 0 saturated heterocycles. The van der Waals surface area contributed by atoms with E-state index in [9.17, 15) is 5.11 Å². The van der Waals surface area contributed by atoms with Crippen LogP contribution in [0, 0.1) is 0 Å². The van der Waals surface area contributed by atoms with Gasteiger partial charge < -0.3 is 5.11 Å². The van der Waals surface area contributed by atoms with Crippen molar-refractivity contribution in [1.82, 2.24) is 0 Å². The molecule has 0 aromatic carbocycles. The Morgan fingerprint density at radius 2 is 2.38 bits per heavy atom. The van der Waals surface area contributed by atoms with E-state index in [0.717, 1.165) is 23.1 Å². The van der Waals surface area contributed by atoms with Gasteiger partial charge in [-0.2, -0.15) is 0 Å². The minimum absolute atomic E-state index is 0.310. The lowest BCUT2D eigenvalue weighted by Gasteiger charge is -2.15. The third kappa shape index (κ3) is 2.71. The van der Waals surface area contributed by atoms with E-state index in [0.29, 0.717) is 0 Å². The van der Waals surface area contributed by atoms with Gasteiger partial charge in [0.25, 0.3) is 0 Å². The highest BCUT2D eigenvalue weighted by Crippen LogP contribution is 2.20. The summed E-state index contributed by atoms with van der Waals surface area (Å²) >= 11 is 0. The summed E-state index contributed by atoms with van der Waals surface area (Å²) in [4.78, 5) is 0. The van der Waals surface area contributed by atoms with Crippen LogP contribution >= 0.6 is 0 Å². The number of allylic oxidation sites excluding steroid dienone is 5. The van der Waals surface area contributed by atoms with Gasteiger partial charge in [-0.1, -0.05) is 36.5 Å². The first-order valence-corrected chi connectivity index (χ1v) is 4.50. The molecular weight excluding hydrogens is 160 g/mol. The molecule has 0 heterocycles. The van der Waals surface area contributed by atoms with Crippen molar-refractivity contribution in [3.05, 3.63) is 47.6 Å². The van der Waals surface area contributed by atoms with Crippen molar-refractivity contribution in [2.24, 2.45) is 0 Å².